The molecule has 0 aromatic heterocycles. The predicted molar refractivity (Wildman–Crippen MR) is 97.7 cm³/mol. The second-order valence-corrected chi connectivity index (χ2v) is 6.95. The lowest BCUT2D eigenvalue weighted by Gasteiger charge is -2.38. The largest absolute Gasteiger partial charge is 0.376 e. The van der Waals surface area contributed by atoms with Gasteiger partial charge in [-0.25, -0.2) is 0 Å². The Balaban J connectivity index is 1.52. The van der Waals surface area contributed by atoms with E-state index < -0.39 is 0 Å². The Hall–Kier alpha value is -1.43. The van der Waals surface area contributed by atoms with E-state index >= 15 is 0 Å². The lowest BCUT2D eigenvalue weighted by molar-refractivity contribution is -0.135. The van der Waals surface area contributed by atoms with Crippen LogP contribution < -0.4 is 0 Å². The van der Waals surface area contributed by atoms with E-state index in [4.69, 9.17) is 9.47 Å². The maximum absolute atomic E-state index is 13.0. The molecule has 2 atom stereocenters. The van der Waals surface area contributed by atoms with Crippen LogP contribution >= 0.6 is 0 Å². The van der Waals surface area contributed by atoms with Crippen LogP contribution in [0.4, 0.5) is 0 Å². The molecule has 25 heavy (non-hydrogen) atoms. The molecule has 0 radical (unpaired) electrons. The third-order valence-electron chi connectivity index (χ3n) is 5.11. The van der Waals surface area contributed by atoms with Gasteiger partial charge in [-0.05, 0) is 12.0 Å². The molecule has 1 amide bonds. The molecule has 0 spiro atoms. The topological polar surface area (TPSA) is 42.0 Å². The zero-order chi connectivity index (χ0) is 17.5. The van der Waals surface area contributed by atoms with Crippen LogP contribution in [0.25, 0.3) is 0 Å². The quantitative estimate of drug-likeness (QED) is 0.791. The molecule has 3 rings (SSSR count). The molecule has 2 fully saturated rings. The van der Waals surface area contributed by atoms with Gasteiger partial charge >= 0.3 is 0 Å². The van der Waals surface area contributed by atoms with E-state index in [-0.39, 0.29) is 17.9 Å². The van der Waals surface area contributed by atoms with Gasteiger partial charge in [0.1, 0.15) is 0 Å². The van der Waals surface area contributed by atoms with Crippen molar-refractivity contribution in [3.05, 3.63) is 35.9 Å². The van der Waals surface area contributed by atoms with Crippen molar-refractivity contribution in [1.82, 2.24) is 9.80 Å². The molecular weight excluding hydrogens is 316 g/mol. The minimum atomic E-state index is -0.00664. The van der Waals surface area contributed by atoms with Gasteiger partial charge in [-0.15, -0.1) is 0 Å². The van der Waals surface area contributed by atoms with Gasteiger partial charge in [0.2, 0.25) is 5.91 Å². The van der Waals surface area contributed by atoms with E-state index in [2.05, 4.69) is 24.0 Å². The number of piperazine rings is 1. The molecule has 0 aliphatic carbocycles. The van der Waals surface area contributed by atoms with E-state index in [1.165, 1.54) is 0 Å². The maximum atomic E-state index is 13.0. The number of rotatable bonds is 6. The molecule has 0 unspecified atom stereocenters. The van der Waals surface area contributed by atoms with E-state index in [0.717, 1.165) is 51.1 Å². The summed E-state index contributed by atoms with van der Waals surface area (Å²) < 4.78 is 11.2. The molecule has 1 aromatic carbocycles. The van der Waals surface area contributed by atoms with Gasteiger partial charge in [-0.3, -0.25) is 9.69 Å². The zero-order valence-corrected chi connectivity index (χ0v) is 15.2. The van der Waals surface area contributed by atoms with Crippen LogP contribution in [0.5, 0.6) is 0 Å². The van der Waals surface area contributed by atoms with Crippen LogP contribution in [0.15, 0.2) is 30.3 Å². The number of amides is 1. The number of carbonyl (C=O) groups is 1. The van der Waals surface area contributed by atoms with Gasteiger partial charge in [0, 0.05) is 32.7 Å². The monoisotopic (exact) mass is 346 g/mol. The van der Waals surface area contributed by atoms with Crippen molar-refractivity contribution in [2.24, 2.45) is 0 Å². The number of benzene rings is 1. The number of nitrogens with zero attached hydrogens (tertiary/aromatic N) is 2. The highest BCUT2D eigenvalue weighted by atomic mass is 16.6. The minimum Gasteiger partial charge on any atom is -0.376 e. The van der Waals surface area contributed by atoms with Crippen LogP contribution in [0, 0.1) is 0 Å². The van der Waals surface area contributed by atoms with E-state index in [9.17, 15) is 4.79 Å². The molecule has 0 N–H and O–H groups in total. The molecule has 2 saturated heterocycles. The molecule has 2 aliphatic rings. The van der Waals surface area contributed by atoms with Crippen LogP contribution in [-0.4, -0.2) is 74.4 Å². The summed E-state index contributed by atoms with van der Waals surface area (Å²) in [6, 6.07) is 10.2. The molecule has 5 nitrogen and oxygen atoms in total. The molecule has 1 aromatic rings. The van der Waals surface area contributed by atoms with Gasteiger partial charge in [0.05, 0.1) is 31.8 Å². The van der Waals surface area contributed by atoms with Gasteiger partial charge < -0.3 is 14.4 Å². The average molecular weight is 346 g/mol. The zero-order valence-electron chi connectivity index (χ0n) is 15.2. The summed E-state index contributed by atoms with van der Waals surface area (Å²) in [5, 5.41) is 0. The van der Waals surface area contributed by atoms with Crippen molar-refractivity contribution < 1.29 is 14.3 Å². The molecule has 2 aliphatic heterocycles. The lowest BCUT2D eigenvalue weighted by atomic mass is 9.93. The first-order valence-corrected chi connectivity index (χ1v) is 9.53. The van der Waals surface area contributed by atoms with Crippen molar-refractivity contribution in [2.75, 3.05) is 52.5 Å². The number of hydrogen-bond acceptors (Lipinski definition) is 4. The van der Waals surface area contributed by atoms with Crippen molar-refractivity contribution in [3.8, 4) is 0 Å². The first-order valence-electron chi connectivity index (χ1n) is 9.53. The minimum absolute atomic E-state index is 0.00664. The van der Waals surface area contributed by atoms with Crippen LogP contribution in [-0.2, 0) is 14.3 Å². The highest BCUT2D eigenvalue weighted by molar-refractivity contribution is 5.83. The summed E-state index contributed by atoms with van der Waals surface area (Å²) in [6.07, 6.45) is 2.11. The standard InChI is InChI=1S/C20H30N2O3/c1-2-6-19(17-7-4-3-5-8-17)20(23)22-11-9-21(10-12-22)15-18-16-24-13-14-25-18/h3-5,7-8,18-19H,2,6,9-16H2,1H3/t18-,19+/m1/s1. The van der Waals surface area contributed by atoms with Gasteiger partial charge in [0.15, 0.2) is 0 Å². The normalized spacial score (nSPS) is 23.4. The Kier molecular flexibility index (Phi) is 6.84. The van der Waals surface area contributed by atoms with Crippen molar-refractivity contribution >= 4 is 5.91 Å². The predicted octanol–water partition coefficient (Wildman–Crippen LogP) is 2.13. The highest BCUT2D eigenvalue weighted by Gasteiger charge is 2.29. The Bertz CT molecular complexity index is 523. The fourth-order valence-corrected chi connectivity index (χ4v) is 3.71. The van der Waals surface area contributed by atoms with E-state index in [1.807, 2.05) is 23.1 Å². The smallest absolute Gasteiger partial charge is 0.230 e. The molecule has 2 heterocycles. The third kappa shape index (κ3) is 5.03. The average Bonchev–Trinajstić information content (AvgIpc) is 2.68. The molecule has 5 heteroatoms. The van der Waals surface area contributed by atoms with E-state index in [0.29, 0.717) is 19.8 Å². The Morgan fingerprint density at radius 1 is 1.16 bits per heavy atom. The third-order valence-corrected chi connectivity index (χ3v) is 5.11. The Labute approximate surface area is 150 Å². The Morgan fingerprint density at radius 3 is 2.56 bits per heavy atom. The number of ether oxygens (including phenoxy) is 2. The molecule has 0 bridgehead atoms. The maximum Gasteiger partial charge on any atom is 0.230 e. The Morgan fingerprint density at radius 2 is 1.92 bits per heavy atom. The fraction of sp³-hybridized carbons (Fsp3) is 0.650. The number of hydrogen-bond donors (Lipinski definition) is 0. The van der Waals surface area contributed by atoms with Crippen molar-refractivity contribution in [2.45, 2.75) is 31.8 Å². The SMILES string of the molecule is CCC[C@H](C(=O)N1CCN(C[C@@H]2COCCO2)CC1)c1ccccc1. The summed E-state index contributed by atoms with van der Waals surface area (Å²) in [7, 11) is 0. The summed E-state index contributed by atoms with van der Waals surface area (Å²) in [5.74, 6) is 0.276. The fourth-order valence-electron chi connectivity index (χ4n) is 3.71. The second kappa shape index (κ2) is 9.32. The molecular formula is C20H30N2O3. The summed E-state index contributed by atoms with van der Waals surface area (Å²) in [5.41, 5.74) is 1.14. The first kappa shape index (κ1) is 18.4. The highest BCUT2D eigenvalue weighted by Crippen LogP contribution is 2.24. The molecule has 0 saturated carbocycles. The van der Waals surface area contributed by atoms with Gasteiger partial charge in [-0.1, -0.05) is 43.7 Å². The van der Waals surface area contributed by atoms with Crippen molar-refractivity contribution in [1.29, 1.82) is 0 Å². The van der Waals surface area contributed by atoms with Gasteiger partial charge in [0.25, 0.3) is 0 Å². The second-order valence-electron chi connectivity index (χ2n) is 6.95. The number of carbonyl (C=O) groups excluding carboxylic acids is 1. The van der Waals surface area contributed by atoms with Gasteiger partial charge in [-0.2, -0.15) is 0 Å². The van der Waals surface area contributed by atoms with E-state index in [1.54, 1.807) is 0 Å². The summed E-state index contributed by atoms with van der Waals surface area (Å²) in [4.78, 5) is 17.5. The van der Waals surface area contributed by atoms with Crippen LogP contribution in [0.2, 0.25) is 0 Å². The summed E-state index contributed by atoms with van der Waals surface area (Å²) in [6.45, 7) is 8.57. The van der Waals surface area contributed by atoms with Crippen LogP contribution in [0.1, 0.15) is 31.2 Å². The lowest BCUT2D eigenvalue weighted by Crippen LogP contribution is -2.52. The first-order chi connectivity index (χ1) is 12.3. The summed E-state index contributed by atoms with van der Waals surface area (Å²) >= 11 is 0. The van der Waals surface area contributed by atoms with Crippen LogP contribution in [0.3, 0.4) is 0 Å². The molecule has 138 valence electrons. The van der Waals surface area contributed by atoms with Crippen molar-refractivity contribution in [3.63, 3.8) is 0 Å².